The topological polar surface area (TPSA) is 0 Å². The van der Waals surface area contributed by atoms with Crippen LogP contribution in [0.15, 0.2) is 61.2 Å². The van der Waals surface area contributed by atoms with Crippen molar-refractivity contribution in [3.63, 3.8) is 0 Å². The van der Waals surface area contributed by atoms with Gasteiger partial charge in [0.05, 0.1) is 0 Å². The minimum Gasteiger partial charge on any atom is -0.0949 e. The van der Waals surface area contributed by atoms with Gasteiger partial charge in [0.15, 0.2) is 0 Å². The van der Waals surface area contributed by atoms with Gasteiger partial charge in [0.25, 0.3) is 0 Å². The van der Waals surface area contributed by atoms with Crippen LogP contribution in [0.1, 0.15) is 55.9 Å². The van der Waals surface area contributed by atoms with Crippen LogP contribution in [0.2, 0.25) is 0 Å². The molecule has 0 aliphatic heterocycles. The molecule has 2 aromatic rings. The van der Waals surface area contributed by atoms with Gasteiger partial charge < -0.3 is 0 Å². The molecule has 2 aromatic carbocycles. The molecule has 120 valence electrons. The quantitative estimate of drug-likeness (QED) is 0.554. The Balaban J connectivity index is 2.03. The van der Waals surface area contributed by atoms with Crippen molar-refractivity contribution in [2.45, 2.75) is 40.0 Å². The summed E-state index contributed by atoms with van der Waals surface area (Å²) in [5.74, 6) is 1.16. The Labute approximate surface area is 141 Å². The molecule has 0 amide bonds. The van der Waals surface area contributed by atoms with Crippen LogP contribution in [0, 0.1) is 5.92 Å². The van der Waals surface area contributed by atoms with Gasteiger partial charge in [0.2, 0.25) is 0 Å². The van der Waals surface area contributed by atoms with Gasteiger partial charge in [0, 0.05) is 0 Å². The van der Waals surface area contributed by atoms with Gasteiger partial charge in [-0.2, -0.15) is 0 Å². The predicted molar refractivity (Wildman–Crippen MR) is 104 cm³/mol. The first-order valence-corrected chi connectivity index (χ1v) is 8.51. The van der Waals surface area contributed by atoms with Crippen LogP contribution in [-0.4, -0.2) is 0 Å². The Morgan fingerprint density at radius 1 is 0.913 bits per heavy atom. The summed E-state index contributed by atoms with van der Waals surface area (Å²) in [5.41, 5.74) is 6.35. The van der Waals surface area contributed by atoms with Crippen LogP contribution in [0.3, 0.4) is 0 Å². The third-order valence-electron chi connectivity index (χ3n) is 4.06. The average Bonchev–Trinajstić information content (AvgIpc) is 2.54. The SMILES string of the molecule is C=C(Cc1ccc(C(C)C)cc1)c1ccc(/C=C/C(C)C)cc1. The summed E-state index contributed by atoms with van der Waals surface area (Å²) < 4.78 is 0. The lowest BCUT2D eigenvalue weighted by Gasteiger charge is -2.09. The number of allylic oxidation sites excluding steroid dienone is 2. The largest absolute Gasteiger partial charge is 0.0949 e. The summed E-state index contributed by atoms with van der Waals surface area (Å²) in [4.78, 5) is 0. The van der Waals surface area contributed by atoms with E-state index in [2.05, 4.69) is 95.0 Å². The summed E-state index contributed by atoms with van der Waals surface area (Å²) >= 11 is 0. The van der Waals surface area contributed by atoms with Crippen molar-refractivity contribution in [2.24, 2.45) is 5.92 Å². The van der Waals surface area contributed by atoms with Crippen molar-refractivity contribution < 1.29 is 0 Å². The van der Waals surface area contributed by atoms with E-state index in [9.17, 15) is 0 Å². The summed E-state index contributed by atoms with van der Waals surface area (Å²) in [6.45, 7) is 13.1. The van der Waals surface area contributed by atoms with E-state index in [4.69, 9.17) is 0 Å². The zero-order valence-corrected chi connectivity index (χ0v) is 14.8. The van der Waals surface area contributed by atoms with Crippen LogP contribution in [0.5, 0.6) is 0 Å². The fourth-order valence-corrected chi connectivity index (χ4v) is 2.50. The van der Waals surface area contributed by atoms with Gasteiger partial charge in [-0.05, 0) is 46.1 Å². The Kier molecular flexibility index (Phi) is 5.98. The molecule has 0 heterocycles. The molecule has 0 bridgehead atoms. The summed E-state index contributed by atoms with van der Waals surface area (Å²) in [7, 11) is 0. The van der Waals surface area contributed by atoms with Crippen molar-refractivity contribution in [1.82, 2.24) is 0 Å². The number of hydrogen-bond acceptors (Lipinski definition) is 0. The third-order valence-corrected chi connectivity index (χ3v) is 4.06. The predicted octanol–water partition coefficient (Wildman–Crippen LogP) is 6.74. The molecule has 0 N–H and O–H groups in total. The van der Waals surface area contributed by atoms with E-state index in [0.717, 1.165) is 6.42 Å². The maximum absolute atomic E-state index is 4.26. The average molecular weight is 304 g/mol. The number of benzene rings is 2. The number of rotatable bonds is 6. The van der Waals surface area contributed by atoms with Crippen LogP contribution < -0.4 is 0 Å². The molecule has 23 heavy (non-hydrogen) atoms. The second-order valence-electron chi connectivity index (χ2n) is 6.90. The van der Waals surface area contributed by atoms with E-state index >= 15 is 0 Å². The highest BCUT2D eigenvalue weighted by Gasteiger charge is 2.03. The first-order valence-electron chi connectivity index (χ1n) is 8.51. The Morgan fingerprint density at radius 2 is 1.52 bits per heavy atom. The molecule has 0 nitrogen and oxygen atoms in total. The maximum Gasteiger partial charge on any atom is -0.00257 e. The molecule has 0 aliphatic rings. The van der Waals surface area contributed by atoms with Gasteiger partial charge in [-0.25, -0.2) is 0 Å². The van der Waals surface area contributed by atoms with Crippen LogP contribution in [-0.2, 0) is 6.42 Å². The maximum atomic E-state index is 4.26. The van der Waals surface area contributed by atoms with E-state index in [1.807, 2.05) is 0 Å². The van der Waals surface area contributed by atoms with E-state index in [1.54, 1.807) is 0 Å². The minimum absolute atomic E-state index is 0.582. The smallest absolute Gasteiger partial charge is 0.00257 e. The van der Waals surface area contributed by atoms with Crippen LogP contribution in [0.25, 0.3) is 11.6 Å². The standard InChI is InChI=1S/C23H28/c1-17(2)6-7-20-8-14-23(15-9-20)19(5)16-21-10-12-22(13-11-21)18(3)4/h6-15,17-18H,5,16H2,1-4H3/b7-6+. The molecule has 2 rings (SSSR count). The highest BCUT2D eigenvalue weighted by atomic mass is 14.1. The Bertz CT molecular complexity index is 652. The molecule has 0 fully saturated rings. The van der Waals surface area contributed by atoms with Gasteiger partial charge in [-0.15, -0.1) is 0 Å². The second-order valence-corrected chi connectivity index (χ2v) is 6.90. The summed E-state index contributed by atoms with van der Waals surface area (Å²) in [6, 6.07) is 17.6. The summed E-state index contributed by atoms with van der Waals surface area (Å²) in [5, 5.41) is 0. The highest BCUT2D eigenvalue weighted by Crippen LogP contribution is 2.21. The molecule has 0 unspecified atom stereocenters. The van der Waals surface area contributed by atoms with Crippen LogP contribution >= 0.6 is 0 Å². The van der Waals surface area contributed by atoms with E-state index in [0.29, 0.717) is 11.8 Å². The zero-order valence-electron chi connectivity index (χ0n) is 14.8. The number of hydrogen-bond donors (Lipinski definition) is 0. The van der Waals surface area contributed by atoms with E-state index in [1.165, 1.54) is 27.8 Å². The minimum atomic E-state index is 0.582. The zero-order chi connectivity index (χ0) is 16.8. The lowest BCUT2D eigenvalue weighted by Crippen LogP contribution is -1.92. The summed E-state index contributed by atoms with van der Waals surface area (Å²) in [6.07, 6.45) is 5.31. The lowest BCUT2D eigenvalue weighted by atomic mass is 9.96. The molecule has 0 heteroatoms. The van der Waals surface area contributed by atoms with Crippen LogP contribution in [0.4, 0.5) is 0 Å². The third kappa shape index (κ3) is 5.25. The lowest BCUT2D eigenvalue weighted by molar-refractivity contribution is 0.836. The molecule has 0 saturated heterocycles. The molecular weight excluding hydrogens is 276 g/mol. The van der Waals surface area contributed by atoms with Gasteiger partial charge in [-0.1, -0.05) is 95.0 Å². The van der Waals surface area contributed by atoms with Crippen molar-refractivity contribution in [2.75, 3.05) is 0 Å². The molecule has 0 radical (unpaired) electrons. The Morgan fingerprint density at radius 3 is 2.04 bits per heavy atom. The van der Waals surface area contributed by atoms with Crippen molar-refractivity contribution >= 4 is 11.6 Å². The molecule has 0 aliphatic carbocycles. The van der Waals surface area contributed by atoms with Crippen molar-refractivity contribution in [1.29, 1.82) is 0 Å². The van der Waals surface area contributed by atoms with Gasteiger partial charge in [0.1, 0.15) is 0 Å². The Hall–Kier alpha value is -2.08. The van der Waals surface area contributed by atoms with E-state index in [-0.39, 0.29) is 0 Å². The van der Waals surface area contributed by atoms with Gasteiger partial charge in [-0.3, -0.25) is 0 Å². The van der Waals surface area contributed by atoms with Gasteiger partial charge >= 0.3 is 0 Å². The van der Waals surface area contributed by atoms with Crippen molar-refractivity contribution in [3.8, 4) is 0 Å². The fraction of sp³-hybridized carbons (Fsp3) is 0.304. The first-order chi connectivity index (χ1) is 11.0. The molecule has 0 saturated carbocycles. The highest BCUT2D eigenvalue weighted by molar-refractivity contribution is 5.67. The molecule has 0 aromatic heterocycles. The van der Waals surface area contributed by atoms with Crippen molar-refractivity contribution in [3.05, 3.63) is 83.4 Å². The van der Waals surface area contributed by atoms with E-state index < -0.39 is 0 Å². The molecule has 0 atom stereocenters. The normalized spacial score (nSPS) is 11.6. The molecular formula is C23H28. The fourth-order valence-electron chi connectivity index (χ4n) is 2.50. The first kappa shape index (κ1) is 17.3. The molecule has 0 spiro atoms. The second kappa shape index (κ2) is 7.97. The monoisotopic (exact) mass is 304 g/mol.